The summed E-state index contributed by atoms with van der Waals surface area (Å²) in [7, 11) is 0. The minimum atomic E-state index is -0.401. The molecule has 3 nitrogen and oxygen atoms in total. The van der Waals surface area contributed by atoms with Crippen LogP contribution in [0.4, 0.5) is 0 Å². The van der Waals surface area contributed by atoms with Crippen LogP contribution in [0, 0.1) is 6.92 Å². The molecule has 3 heteroatoms. The zero-order valence-electron chi connectivity index (χ0n) is 9.93. The Hall–Kier alpha value is -1.61. The number of hydrogen-bond acceptors (Lipinski definition) is 2. The second-order valence-electron chi connectivity index (χ2n) is 4.65. The number of imidazole rings is 1. The van der Waals surface area contributed by atoms with Crippen LogP contribution in [-0.4, -0.2) is 14.7 Å². The molecule has 2 aromatic rings. The Bertz CT molecular complexity index is 545. The molecule has 17 heavy (non-hydrogen) atoms. The fraction of sp³-hybridized carbons (Fsp3) is 0.357. The number of aliphatic hydroxyl groups excluding tert-OH is 1. The Labute approximate surface area is 101 Å². The lowest BCUT2D eigenvalue weighted by atomic mass is 10.1. The first-order valence-corrected chi connectivity index (χ1v) is 6.07. The van der Waals surface area contributed by atoms with Crippen molar-refractivity contribution >= 4 is 0 Å². The largest absolute Gasteiger partial charge is 0.385 e. The number of aliphatic hydroxyl groups is 1. The predicted molar refractivity (Wildman–Crippen MR) is 66.6 cm³/mol. The maximum absolute atomic E-state index is 9.91. The molecule has 0 saturated heterocycles. The SMILES string of the molecule is Cc1ccccc1-c1cn2c(n1)[C@@H](O)CCC2. The highest BCUT2D eigenvalue weighted by Gasteiger charge is 2.21. The van der Waals surface area contributed by atoms with E-state index in [0.29, 0.717) is 0 Å². The predicted octanol–water partition coefficient (Wildman–Crippen LogP) is 2.69. The van der Waals surface area contributed by atoms with Crippen LogP contribution < -0.4 is 0 Å². The van der Waals surface area contributed by atoms with E-state index in [1.165, 1.54) is 5.56 Å². The second kappa shape index (κ2) is 4.00. The van der Waals surface area contributed by atoms with E-state index in [2.05, 4.69) is 34.8 Å². The molecule has 1 aliphatic rings. The molecule has 1 aliphatic heterocycles. The summed E-state index contributed by atoms with van der Waals surface area (Å²) in [6.07, 6.45) is 3.50. The van der Waals surface area contributed by atoms with Crippen molar-refractivity contribution in [3.8, 4) is 11.3 Å². The topological polar surface area (TPSA) is 38.0 Å². The molecule has 0 amide bonds. The van der Waals surface area contributed by atoms with Crippen LogP contribution in [0.5, 0.6) is 0 Å². The summed E-state index contributed by atoms with van der Waals surface area (Å²) in [5, 5.41) is 9.91. The molecule has 1 aromatic heterocycles. The quantitative estimate of drug-likeness (QED) is 0.815. The minimum absolute atomic E-state index is 0.401. The van der Waals surface area contributed by atoms with Gasteiger partial charge < -0.3 is 9.67 Å². The van der Waals surface area contributed by atoms with Crippen molar-refractivity contribution in [2.24, 2.45) is 0 Å². The second-order valence-corrected chi connectivity index (χ2v) is 4.65. The summed E-state index contributed by atoms with van der Waals surface area (Å²) < 4.78 is 2.08. The first-order valence-electron chi connectivity index (χ1n) is 6.07. The molecule has 3 rings (SSSR count). The molecular formula is C14H16N2O. The molecule has 2 heterocycles. The summed E-state index contributed by atoms with van der Waals surface area (Å²) in [5.41, 5.74) is 3.35. The summed E-state index contributed by atoms with van der Waals surface area (Å²) >= 11 is 0. The van der Waals surface area contributed by atoms with Crippen molar-refractivity contribution in [1.82, 2.24) is 9.55 Å². The van der Waals surface area contributed by atoms with Crippen LogP contribution in [0.1, 0.15) is 30.3 Å². The molecule has 0 unspecified atom stereocenters. The van der Waals surface area contributed by atoms with Crippen LogP contribution in [0.25, 0.3) is 11.3 Å². The zero-order valence-corrected chi connectivity index (χ0v) is 9.93. The van der Waals surface area contributed by atoms with Crippen LogP contribution >= 0.6 is 0 Å². The molecule has 1 atom stereocenters. The van der Waals surface area contributed by atoms with Crippen LogP contribution in [0.3, 0.4) is 0 Å². The van der Waals surface area contributed by atoms with E-state index in [0.717, 1.165) is 36.5 Å². The highest BCUT2D eigenvalue weighted by atomic mass is 16.3. The first-order chi connectivity index (χ1) is 8.25. The molecular weight excluding hydrogens is 212 g/mol. The van der Waals surface area contributed by atoms with Crippen molar-refractivity contribution in [3.63, 3.8) is 0 Å². The van der Waals surface area contributed by atoms with Gasteiger partial charge in [-0.3, -0.25) is 0 Å². The van der Waals surface area contributed by atoms with E-state index in [-0.39, 0.29) is 0 Å². The van der Waals surface area contributed by atoms with Gasteiger partial charge in [0.15, 0.2) is 0 Å². The molecule has 0 spiro atoms. The number of fused-ring (bicyclic) bond motifs is 1. The van der Waals surface area contributed by atoms with Gasteiger partial charge in [0.25, 0.3) is 0 Å². The number of nitrogens with zero attached hydrogens (tertiary/aromatic N) is 2. The maximum Gasteiger partial charge on any atom is 0.138 e. The van der Waals surface area contributed by atoms with Gasteiger partial charge >= 0.3 is 0 Å². The summed E-state index contributed by atoms with van der Waals surface area (Å²) in [5.74, 6) is 0.814. The van der Waals surface area contributed by atoms with Crippen molar-refractivity contribution < 1.29 is 5.11 Å². The smallest absolute Gasteiger partial charge is 0.138 e. The molecule has 0 saturated carbocycles. The van der Waals surface area contributed by atoms with E-state index in [1.54, 1.807) is 0 Å². The lowest BCUT2D eigenvalue weighted by Crippen LogP contribution is -2.14. The molecule has 1 N–H and O–H groups in total. The van der Waals surface area contributed by atoms with E-state index >= 15 is 0 Å². The number of benzene rings is 1. The van der Waals surface area contributed by atoms with Crippen LogP contribution in [0.2, 0.25) is 0 Å². The van der Waals surface area contributed by atoms with E-state index in [4.69, 9.17) is 0 Å². The number of hydrogen-bond donors (Lipinski definition) is 1. The summed E-state index contributed by atoms with van der Waals surface area (Å²) in [4.78, 5) is 4.58. The van der Waals surface area contributed by atoms with Crippen molar-refractivity contribution in [2.45, 2.75) is 32.4 Å². The van der Waals surface area contributed by atoms with Crippen molar-refractivity contribution in [2.75, 3.05) is 0 Å². The fourth-order valence-corrected chi connectivity index (χ4v) is 2.45. The Balaban J connectivity index is 2.08. The van der Waals surface area contributed by atoms with Gasteiger partial charge in [-0.2, -0.15) is 0 Å². The molecule has 0 aliphatic carbocycles. The van der Waals surface area contributed by atoms with E-state index < -0.39 is 6.10 Å². The third kappa shape index (κ3) is 1.76. The number of rotatable bonds is 1. The first kappa shape index (κ1) is 10.5. The molecule has 0 radical (unpaired) electrons. The fourth-order valence-electron chi connectivity index (χ4n) is 2.45. The molecule has 0 fully saturated rings. The van der Waals surface area contributed by atoms with Gasteiger partial charge in [-0.05, 0) is 25.3 Å². The van der Waals surface area contributed by atoms with E-state index in [9.17, 15) is 5.11 Å². The van der Waals surface area contributed by atoms with Gasteiger partial charge in [0.05, 0.1) is 5.69 Å². The van der Waals surface area contributed by atoms with Gasteiger partial charge in [-0.25, -0.2) is 4.98 Å². The number of aromatic nitrogens is 2. The molecule has 88 valence electrons. The average Bonchev–Trinajstić information content (AvgIpc) is 2.75. The maximum atomic E-state index is 9.91. The summed E-state index contributed by atoms with van der Waals surface area (Å²) in [6, 6.07) is 8.22. The van der Waals surface area contributed by atoms with Gasteiger partial charge in [-0.15, -0.1) is 0 Å². The standard InChI is InChI=1S/C14H16N2O/c1-10-5-2-3-6-11(10)12-9-16-8-4-7-13(17)14(16)15-12/h2-3,5-6,9,13,17H,4,7-8H2,1H3/t13-/m0/s1. The van der Waals surface area contributed by atoms with Crippen LogP contribution in [0.15, 0.2) is 30.5 Å². The third-order valence-corrected chi connectivity index (χ3v) is 3.40. The third-order valence-electron chi connectivity index (χ3n) is 3.40. The molecule has 0 bridgehead atoms. The normalized spacial score (nSPS) is 19.1. The lowest BCUT2D eigenvalue weighted by molar-refractivity contribution is 0.134. The summed E-state index contributed by atoms with van der Waals surface area (Å²) in [6.45, 7) is 3.05. The average molecular weight is 228 g/mol. The highest BCUT2D eigenvalue weighted by Crippen LogP contribution is 2.29. The van der Waals surface area contributed by atoms with Crippen LogP contribution in [-0.2, 0) is 6.54 Å². The van der Waals surface area contributed by atoms with Gasteiger partial charge in [0, 0.05) is 18.3 Å². The monoisotopic (exact) mass is 228 g/mol. The Kier molecular flexibility index (Phi) is 2.48. The van der Waals surface area contributed by atoms with Gasteiger partial charge in [0.1, 0.15) is 11.9 Å². The van der Waals surface area contributed by atoms with Gasteiger partial charge in [-0.1, -0.05) is 24.3 Å². The van der Waals surface area contributed by atoms with Gasteiger partial charge in [0.2, 0.25) is 0 Å². The Morgan fingerprint density at radius 1 is 1.35 bits per heavy atom. The highest BCUT2D eigenvalue weighted by molar-refractivity contribution is 5.63. The Morgan fingerprint density at radius 3 is 2.94 bits per heavy atom. The molecule has 1 aromatic carbocycles. The Morgan fingerprint density at radius 2 is 2.18 bits per heavy atom. The number of aryl methyl sites for hydroxylation is 2. The van der Waals surface area contributed by atoms with E-state index in [1.807, 2.05) is 12.1 Å². The lowest BCUT2D eigenvalue weighted by Gasteiger charge is -2.18. The van der Waals surface area contributed by atoms with Crippen molar-refractivity contribution in [1.29, 1.82) is 0 Å². The van der Waals surface area contributed by atoms with Crippen molar-refractivity contribution in [3.05, 3.63) is 41.9 Å². The zero-order chi connectivity index (χ0) is 11.8. The minimum Gasteiger partial charge on any atom is -0.385 e.